The van der Waals surface area contributed by atoms with Crippen LogP contribution in [0.25, 0.3) is 0 Å². The lowest BCUT2D eigenvalue weighted by Gasteiger charge is -2.10. The lowest BCUT2D eigenvalue weighted by molar-refractivity contribution is 0.0997. The Labute approximate surface area is 56.4 Å². The van der Waals surface area contributed by atoms with Gasteiger partial charge in [0.2, 0.25) is 0 Å². The van der Waals surface area contributed by atoms with Gasteiger partial charge >= 0.3 is 0 Å². The molecular formula is C7H15NO. The molecule has 9 heavy (non-hydrogen) atoms. The zero-order chi connectivity index (χ0) is 6.69. The summed E-state index contributed by atoms with van der Waals surface area (Å²) in [7, 11) is 0. The van der Waals surface area contributed by atoms with Crippen LogP contribution in [0, 0.1) is 0 Å². The van der Waals surface area contributed by atoms with Gasteiger partial charge in [-0.05, 0) is 26.2 Å². The number of ether oxygens (including phenoxy) is 1. The van der Waals surface area contributed by atoms with Crippen molar-refractivity contribution in [3.05, 3.63) is 0 Å². The first kappa shape index (κ1) is 7.03. The van der Waals surface area contributed by atoms with Gasteiger partial charge in [-0.2, -0.15) is 0 Å². The fourth-order valence-corrected chi connectivity index (χ4v) is 1.24. The monoisotopic (exact) mass is 129 g/mol. The van der Waals surface area contributed by atoms with E-state index in [0.29, 0.717) is 12.1 Å². The molecule has 0 radical (unpaired) electrons. The maximum Gasteiger partial charge on any atom is 0.0590 e. The second kappa shape index (κ2) is 3.18. The maximum atomic E-state index is 5.59. The highest BCUT2D eigenvalue weighted by atomic mass is 16.5. The van der Waals surface area contributed by atoms with Crippen molar-refractivity contribution in [1.82, 2.24) is 0 Å². The summed E-state index contributed by atoms with van der Waals surface area (Å²) in [6, 6.07) is 0.299. The highest BCUT2D eigenvalue weighted by Crippen LogP contribution is 2.15. The zero-order valence-corrected chi connectivity index (χ0v) is 5.97. The van der Waals surface area contributed by atoms with Crippen LogP contribution in [-0.4, -0.2) is 18.8 Å². The van der Waals surface area contributed by atoms with Crippen molar-refractivity contribution in [3.8, 4) is 0 Å². The van der Waals surface area contributed by atoms with E-state index in [0.717, 1.165) is 13.0 Å². The summed E-state index contributed by atoms with van der Waals surface area (Å²) in [6.45, 7) is 2.97. The van der Waals surface area contributed by atoms with Crippen LogP contribution in [0.15, 0.2) is 0 Å². The van der Waals surface area contributed by atoms with Gasteiger partial charge in [0.15, 0.2) is 0 Å². The van der Waals surface area contributed by atoms with E-state index in [4.69, 9.17) is 10.5 Å². The third-order valence-electron chi connectivity index (χ3n) is 1.66. The van der Waals surface area contributed by atoms with Crippen LogP contribution in [0.2, 0.25) is 0 Å². The third kappa shape index (κ3) is 2.33. The van der Waals surface area contributed by atoms with Crippen LogP contribution in [0.5, 0.6) is 0 Å². The summed E-state index contributed by atoms with van der Waals surface area (Å²) in [6.07, 6.45) is 3.92. The summed E-state index contributed by atoms with van der Waals surface area (Å²) in [4.78, 5) is 0. The Morgan fingerprint density at radius 2 is 2.56 bits per heavy atom. The van der Waals surface area contributed by atoms with Gasteiger partial charge in [-0.3, -0.25) is 0 Å². The second-order valence-corrected chi connectivity index (χ2v) is 2.85. The van der Waals surface area contributed by atoms with Crippen LogP contribution in [0.3, 0.4) is 0 Å². The van der Waals surface area contributed by atoms with Gasteiger partial charge in [-0.1, -0.05) is 0 Å². The highest BCUT2D eigenvalue weighted by molar-refractivity contribution is 4.68. The number of nitrogens with two attached hydrogens (primary N) is 1. The number of hydrogen-bond donors (Lipinski definition) is 1. The van der Waals surface area contributed by atoms with Crippen LogP contribution in [-0.2, 0) is 4.74 Å². The summed E-state index contributed by atoms with van der Waals surface area (Å²) >= 11 is 0. The third-order valence-corrected chi connectivity index (χ3v) is 1.66. The Balaban J connectivity index is 2.11. The molecule has 1 fully saturated rings. The van der Waals surface area contributed by atoms with Gasteiger partial charge in [0, 0.05) is 12.6 Å². The standard InChI is InChI=1S/C7H15NO/c1-6(8)5-7-3-2-4-9-7/h6-7H,2-5,8H2,1H3/t6-,7-/m1/s1. The van der Waals surface area contributed by atoms with Crippen molar-refractivity contribution in [1.29, 1.82) is 0 Å². The molecule has 0 aromatic rings. The smallest absolute Gasteiger partial charge is 0.0590 e. The van der Waals surface area contributed by atoms with E-state index >= 15 is 0 Å². The van der Waals surface area contributed by atoms with Gasteiger partial charge in [-0.15, -0.1) is 0 Å². The quantitative estimate of drug-likeness (QED) is 0.601. The molecule has 0 aromatic heterocycles. The molecule has 0 spiro atoms. The lowest BCUT2D eigenvalue weighted by atomic mass is 10.1. The van der Waals surface area contributed by atoms with E-state index in [1.165, 1.54) is 12.8 Å². The first-order chi connectivity index (χ1) is 4.29. The summed E-state index contributed by atoms with van der Waals surface area (Å²) in [5, 5.41) is 0. The average molecular weight is 129 g/mol. The number of rotatable bonds is 2. The molecule has 54 valence electrons. The zero-order valence-electron chi connectivity index (χ0n) is 5.97. The van der Waals surface area contributed by atoms with Gasteiger partial charge in [0.25, 0.3) is 0 Å². The van der Waals surface area contributed by atoms with Crippen molar-refractivity contribution in [2.24, 2.45) is 5.73 Å². The normalized spacial score (nSPS) is 30.7. The second-order valence-electron chi connectivity index (χ2n) is 2.85. The van der Waals surface area contributed by atoms with E-state index in [1.807, 2.05) is 6.92 Å². The van der Waals surface area contributed by atoms with Crippen molar-refractivity contribution in [3.63, 3.8) is 0 Å². The van der Waals surface area contributed by atoms with Crippen molar-refractivity contribution in [2.75, 3.05) is 6.61 Å². The topological polar surface area (TPSA) is 35.2 Å². The minimum absolute atomic E-state index is 0.299. The minimum atomic E-state index is 0.299. The Hall–Kier alpha value is -0.0800. The van der Waals surface area contributed by atoms with Crippen molar-refractivity contribution >= 4 is 0 Å². The van der Waals surface area contributed by atoms with Gasteiger partial charge in [0.1, 0.15) is 0 Å². The molecule has 0 bridgehead atoms. The Morgan fingerprint density at radius 1 is 1.78 bits per heavy atom. The molecule has 2 nitrogen and oxygen atoms in total. The molecule has 0 saturated carbocycles. The van der Waals surface area contributed by atoms with E-state index in [1.54, 1.807) is 0 Å². The Morgan fingerprint density at radius 3 is 3.00 bits per heavy atom. The Kier molecular flexibility index (Phi) is 2.49. The van der Waals surface area contributed by atoms with Crippen molar-refractivity contribution < 1.29 is 4.74 Å². The largest absolute Gasteiger partial charge is 0.378 e. The molecule has 2 N–H and O–H groups in total. The molecule has 0 aliphatic carbocycles. The molecule has 2 heteroatoms. The molecule has 1 aliphatic rings. The molecule has 1 saturated heterocycles. The molecule has 0 unspecified atom stereocenters. The van der Waals surface area contributed by atoms with Crippen LogP contribution in [0.4, 0.5) is 0 Å². The van der Waals surface area contributed by atoms with Gasteiger partial charge < -0.3 is 10.5 Å². The summed E-state index contributed by atoms with van der Waals surface area (Å²) < 4.78 is 5.38. The SMILES string of the molecule is C[C@@H](N)C[C@H]1CCCO1. The molecule has 2 atom stereocenters. The van der Waals surface area contributed by atoms with E-state index < -0.39 is 0 Å². The van der Waals surface area contributed by atoms with Crippen LogP contribution >= 0.6 is 0 Å². The molecule has 0 aromatic carbocycles. The van der Waals surface area contributed by atoms with E-state index in [9.17, 15) is 0 Å². The van der Waals surface area contributed by atoms with E-state index in [2.05, 4.69) is 0 Å². The Bertz CT molecular complexity index is 77.0. The molecule has 1 heterocycles. The first-order valence-electron chi connectivity index (χ1n) is 3.66. The maximum absolute atomic E-state index is 5.59. The minimum Gasteiger partial charge on any atom is -0.378 e. The fourth-order valence-electron chi connectivity index (χ4n) is 1.24. The summed E-state index contributed by atoms with van der Waals surface area (Å²) in [5.74, 6) is 0. The van der Waals surface area contributed by atoms with Crippen molar-refractivity contribution in [2.45, 2.75) is 38.3 Å². The predicted molar refractivity (Wildman–Crippen MR) is 37.2 cm³/mol. The van der Waals surface area contributed by atoms with Gasteiger partial charge in [0.05, 0.1) is 6.10 Å². The summed E-state index contributed by atoms with van der Waals surface area (Å²) in [5.41, 5.74) is 5.59. The predicted octanol–water partition coefficient (Wildman–Crippen LogP) is 0.903. The molecule has 0 amide bonds. The molecular weight excluding hydrogens is 114 g/mol. The van der Waals surface area contributed by atoms with E-state index in [-0.39, 0.29) is 0 Å². The number of hydrogen-bond acceptors (Lipinski definition) is 2. The fraction of sp³-hybridized carbons (Fsp3) is 1.00. The van der Waals surface area contributed by atoms with Gasteiger partial charge in [-0.25, -0.2) is 0 Å². The average Bonchev–Trinajstić information content (AvgIpc) is 2.15. The van der Waals surface area contributed by atoms with Crippen LogP contribution in [0.1, 0.15) is 26.2 Å². The first-order valence-corrected chi connectivity index (χ1v) is 3.66. The highest BCUT2D eigenvalue weighted by Gasteiger charge is 2.15. The molecule has 1 rings (SSSR count). The molecule has 1 aliphatic heterocycles. The lowest BCUT2D eigenvalue weighted by Crippen LogP contribution is -2.22. The van der Waals surface area contributed by atoms with Crippen LogP contribution < -0.4 is 5.73 Å².